The molecule has 0 atom stereocenters. The van der Waals surface area contributed by atoms with Gasteiger partial charge >= 0.3 is 6.09 Å². The predicted molar refractivity (Wildman–Crippen MR) is 102 cm³/mol. The third-order valence-corrected chi connectivity index (χ3v) is 5.24. The molecule has 3 rings (SSSR count). The number of rotatable bonds is 1. The number of carbonyl (C=O) groups is 1. The van der Waals surface area contributed by atoms with Crippen molar-refractivity contribution in [3.63, 3.8) is 0 Å². The van der Waals surface area contributed by atoms with Crippen LogP contribution in [0.25, 0.3) is 0 Å². The van der Waals surface area contributed by atoms with Crippen molar-refractivity contribution in [1.29, 1.82) is 0 Å². The molecule has 1 fully saturated rings. The molecule has 0 aromatic heterocycles. The highest BCUT2D eigenvalue weighted by Gasteiger charge is 2.27. The van der Waals surface area contributed by atoms with Crippen molar-refractivity contribution in [3.05, 3.63) is 27.9 Å². The zero-order valence-electron chi connectivity index (χ0n) is 15.3. The van der Waals surface area contributed by atoms with Gasteiger partial charge in [-0.15, -0.1) is 0 Å². The summed E-state index contributed by atoms with van der Waals surface area (Å²) in [7, 11) is 0. The Morgan fingerprint density at radius 3 is 2.69 bits per heavy atom. The standard InChI is InChI=1S/C19H23BrN2O4/c1-19(2,3)26-18(24)22-8-4-7-21(9-10-22)15-5-6-16-14(17(15)20)11-13(12-23)25-16/h5-6H,4,7-11H2,1-3H3. The lowest BCUT2D eigenvalue weighted by molar-refractivity contribution is 0.0263. The maximum atomic E-state index is 12.3. The summed E-state index contributed by atoms with van der Waals surface area (Å²) in [6.45, 7) is 8.47. The minimum Gasteiger partial charge on any atom is -0.449 e. The highest BCUT2D eigenvalue weighted by Crippen LogP contribution is 2.41. The van der Waals surface area contributed by atoms with E-state index in [4.69, 9.17) is 9.47 Å². The van der Waals surface area contributed by atoms with Crippen molar-refractivity contribution < 1.29 is 19.1 Å². The van der Waals surface area contributed by atoms with Gasteiger partial charge in [0, 0.05) is 42.6 Å². The molecule has 2 heterocycles. The first kappa shape index (κ1) is 18.8. The molecule has 1 aromatic rings. The smallest absolute Gasteiger partial charge is 0.410 e. The number of ether oxygens (including phenoxy) is 2. The average Bonchev–Trinajstić information content (AvgIpc) is 2.84. The Morgan fingerprint density at radius 2 is 2.00 bits per heavy atom. The Kier molecular flexibility index (Phi) is 5.30. The van der Waals surface area contributed by atoms with Gasteiger partial charge in [0.1, 0.15) is 11.4 Å². The fourth-order valence-corrected chi connectivity index (χ4v) is 3.87. The van der Waals surface area contributed by atoms with Gasteiger partial charge in [0.2, 0.25) is 0 Å². The van der Waals surface area contributed by atoms with Gasteiger partial charge in [-0.2, -0.15) is 0 Å². The van der Waals surface area contributed by atoms with Crippen LogP contribution in [0.3, 0.4) is 0 Å². The normalized spacial score (nSPS) is 17.3. The van der Waals surface area contributed by atoms with Crippen molar-refractivity contribution in [3.8, 4) is 5.75 Å². The molecule has 2 aliphatic heterocycles. The number of halogens is 1. The van der Waals surface area contributed by atoms with Gasteiger partial charge in [0.25, 0.3) is 0 Å². The summed E-state index contributed by atoms with van der Waals surface area (Å²) in [6, 6.07) is 3.87. The maximum Gasteiger partial charge on any atom is 0.410 e. The van der Waals surface area contributed by atoms with Crippen LogP contribution in [0.5, 0.6) is 5.75 Å². The maximum absolute atomic E-state index is 12.3. The summed E-state index contributed by atoms with van der Waals surface area (Å²) >= 11 is 3.66. The predicted octanol–water partition coefficient (Wildman–Crippen LogP) is 3.55. The minimum absolute atomic E-state index is 0.262. The molecule has 0 bridgehead atoms. The summed E-state index contributed by atoms with van der Waals surface area (Å²) in [5.41, 5.74) is 1.52. The molecule has 0 aliphatic carbocycles. The summed E-state index contributed by atoms with van der Waals surface area (Å²) in [6.07, 6.45) is 1.05. The van der Waals surface area contributed by atoms with Crippen LogP contribution in [0.2, 0.25) is 0 Å². The Labute approximate surface area is 161 Å². The van der Waals surface area contributed by atoms with Gasteiger partial charge in [-0.1, -0.05) is 0 Å². The van der Waals surface area contributed by atoms with Gasteiger partial charge in [-0.25, -0.2) is 9.59 Å². The molecule has 0 N–H and O–H groups in total. The number of amides is 1. The number of benzene rings is 1. The third kappa shape index (κ3) is 4.05. The van der Waals surface area contributed by atoms with Crippen LogP contribution >= 0.6 is 15.9 Å². The quantitative estimate of drug-likeness (QED) is 0.647. The lowest BCUT2D eigenvalue weighted by atomic mass is 10.1. The van der Waals surface area contributed by atoms with E-state index in [-0.39, 0.29) is 6.09 Å². The summed E-state index contributed by atoms with van der Waals surface area (Å²) in [4.78, 5) is 27.2. The summed E-state index contributed by atoms with van der Waals surface area (Å²) in [5, 5.41) is 0. The van der Waals surface area contributed by atoms with Crippen molar-refractivity contribution in [2.75, 3.05) is 31.1 Å². The molecule has 26 heavy (non-hydrogen) atoms. The first-order valence-corrected chi connectivity index (χ1v) is 9.54. The van der Waals surface area contributed by atoms with E-state index in [0.717, 1.165) is 28.7 Å². The van der Waals surface area contributed by atoms with Crippen LogP contribution < -0.4 is 9.64 Å². The fraction of sp³-hybridized carbons (Fsp3) is 0.526. The van der Waals surface area contributed by atoms with E-state index in [1.54, 1.807) is 4.90 Å². The van der Waals surface area contributed by atoms with Crippen LogP contribution in [0.4, 0.5) is 10.5 Å². The molecule has 0 unspecified atom stereocenters. The monoisotopic (exact) mass is 422 g/mol. The number of hydrogen-bond acceptors (Lipinski definition) is 5. The molecule has 2 aliphatic rings. The van der Waals surface area contributed by atoms with Gasteiger partial charge in [-0.3, -0.25) is 0 Å². The molecule has 6 nitrogen and oxygen atoms in total. The number of anilines is 1. The van der Waals surface area contributed by atoms with Crippen molar-refractivity contribution in [1.82, 2.24) is 4.90 Å². The van der Waals surface area contributed by atoms with Crippen LogP contribution in [-0.2, 0) is 16.0 Å². The zero-order chi connectivity index (χ0) is 18.9. The number of carbonyl (C=O) groups excluding carboxylic acids is 2. The fourth-order valence-electron chi connectivity index (χ4n) is 3.15. The highest BCUT2D eigenvalue weighted by atomic mass is 79.9. The molecule has 1 aromatic carbocycles. The van der Waals surface area contributed by atoms with Crippen LogP contribution in [-0.4, -0.2) is 48.7 Å². The Balaban J connectivity index is 1.73. The van der Waals surface area contributed by atoms with Crippen LogP contribution in [0.1, 0.15) is 32.8 Å². The van der Waals surface area contributed by atoms with E-state index in [9.17, 15) is 9.59 Å². The molecule has 0 saturated carbocycles. The van der Waals surface area contributed by atoms with Crippen LogP contribution in [0, 0.1) is 0 Å². The molecule has 0 spiro atoms. The summed E-state index contributed by atoms with van der Waals surface area (Å²) < 4.78 is 11.9. The Bertz CT molecular complexity index is 766. The van der Waals surface area contributed by atoms with E-state index < -0.39 is 5.60 Å². The van der Waals surface area contributed by atoms with Crippen molar-refractivity contribution >= 4 is 33.7 Å². The van der Waals surface area contributed by atoms with E-state index in [0.29, 0.717) is 37.6 Å². The second kappa shape index (κ2) is 7.33. The van der Waals surface area contributed by atoms with E-state index >= 15 is 0 Å². The first-order valence-electron chi connectivity index (χ1n) is 8.74. The van der Waals surface area contributed by atoms with Gasteiger partial charge < -0.3 is 19.3 Å². The third-order valence-electron chi connectivity index (χ3n) is 4.35. The number of fused-ring (bicyclic) bond motifs is 1. The van der Waals surface area contributed by atoms with Crippen molar-refractivity contribution in [2.45, 2.75) is 39.2 Å². The van der Waals surface area contributed by atoms with Crippen LogP contribution in [0.15, 0.2) is 22.4 Å². The molecule has 1 amide bonds. The molecular weight excluding hydrogens is 400 g/mol. The average molecular weight is 423 g/mol. The Hall–Kier alpha value is -1.98. The first-order chi connectivity index (χ1) is 12.3. The molecular formula is C19H23BrN2O4. The number of nitrogens with zero attached hydrogens (tertiary/aromatic N) is 2. The number of allylic oxidation sites excluding steroid dienone is 1. The largest absolute Gasteiger partial charge is 0.449 e. The topological polar surface area (TPSA) is 59.1 Å². The highest BCUT2D eigenvalue weighted by molar-refractivity contribution is 9.10. The molecule has 0 radical (unpaired) electrons. The molecule has 7 heteroatoms. The van der Waals surface area contributed by atoms with Gasteiger partial charge in [0.15, 0.2) is 11.7 Å². The van der Waals surface area contributed by atoms with E-state index in [1.165, 1.54) is 0 Å². The van der Waals surface area contributed by atoms with Gasteiger partial charge in [-0.05, 0) is 55.3 Å². The second-order valence-corrected chi connectivity index (χ2v) is 8.28. The molecule has 140 valence electrons. The van der Waals surface area contributed by atoms with Crippen molar-refractivity contribution in [2.24, 2.45) is 0 Å². The lowest BCUT2D eigenvalue weighted by Gasteiger charge is -2.27. The van der Waals surface area contributed by atoms with E-state index in [2.05, 4.69) is 20.8 Å². The zero-order valence-corrected chi connectivity index (χ0v) is 16.9. The van der Waals surface area contributed by atoms with Gasteiger partial charge in [0.05, 0.1) is 5.69 Å². The Morgan fingerprint density at radius 1 is 1.23 bits per heavy atom. The SMILES string of the molecule is CC(C)(C)OC(=O)N1CCCN(c2ccc3c(c2Br)CC(=C=O)O3)CC1. The number of hydrogen-bond donors (Lipinski definition) is 0. The minimum atomic E-state index is -0.490. The molecule has 1 saturated heterocycles. The van der Waals surface area contributed by atoms with E-state index in [1.807, 2.05) is 38.8 Å². The lowest BCUT2D eigenvalue weighted by Crippen LogP contribution is -2.39. The summed E-state index contributed by atoms with van der Waals surface area (Å²) in [5.74, 6) is 2.84. The second-order valence-electron chi connectivity index (χ2n) is 7.49.